The highest BCUT2D eigenvalue weighted by Gasteiger charge is 2.24. The average molecular weight is 303 g/mol. The Morgan fingerprint density at radius 2 is 1.89 bits per heavy atom. The van der Waals surface area contributed by atoms with Crippen molar-refractivity contribution in [1.82, 2.24) is 4.31 Å². The van der Waals surface area contributed by atoms with Crippen LogP contribution in [-0.2, 0) is 10.0 Å². The van der Waals surface area contributed by atoms with Gasteiger partial charge in [0.15, 0.2) is 0 Å². The van der Waals surface area contributed by atoms with Gasteiger partial charge in [0.25, 0.3) is 0 Å². The maximum absolute atomic E-state index is 12.3. The van der Waals surface area contributed by atoms with Crippen molar-refractivity contribution in [2.75, 3.05) is 19.4 Å². The van der Waals surface area contributed by atoms with Crippen LogP contribution in [0.1, 0.15) is 20.3 Å². The Kier molecular flexibility index (Phi) is 6.16. The molecule has 1 atom stereocenters. The van der Waals surface area contributed by atoms with Crippen molar-refractivity contribution in [3.63, 3.8) is 0 Å². The number of sulfonamides is 1. The highest BCUT2D eigenvalue weighted by atomic mass is 32.2. The number of nitrogens with zero attached hydrogens (tertiary/aromatic N) is 1. The summed E-state index contributed by atoms with van der Waals surface area (Å²) in [5, 5.41) is 0. The Balaban J connectivity index is 2.90. The van der Waals surface area contributed by atoms with E-state index in [2.05, 4.69) is 12.6 Å². The molecule has 1 aromatic carbocycles. The average Bonchev–Trinajstić information content (AvgIpc) is 2.43. The van der Waals surface area contributed by atoms with Gasteiger partial charge in [-0.05, 0) is 37.6 Å². The molecule has 0 aliphatic heterocycles. The van der Waals surface area contributed by atoms with E-state index < -0.39 is 10.0 Å². The minimum absolute atomic E-state index is 0.149. The number of benzene rings is 1. The third-order valence-corrected chi connectivity index (χ3v) is 5.37. The van der Waals surface area contributed by atoms with Crippen LogP contribution in [0.5, 0.6) is 5.75 Å². The highest BCUT2D eigenvalue weighted by Crippen LogP contribution is 2.20. The molecule has 0 aliphatic rings. The lowest BCUT2D eigenvalue weighted by atomic mass is 10.3. The molecule has 108 valence electrons. The standard InChI is InChI=1S/C13H21NO3S2/c1-4-9-17-12-5-7-13(8-6-12)19(15,16)14(3)11(2)10-18/h5-8,11,18H,4,9-10H2,1-3H3/t11-/m1/s1. The molecule has 0 aromatic heterocycles. The molecule has 1 aromatic rings. The van der Waals surface area contributed by atoms with E-state index in [1.54, 1.807) is 31.3 Å². The summed E-state index contributed by atoms with van der Waals surface area (Å²) < 4.78 is 31.4. The van der Waals surface area contributed by atoms with E-state index in [1.165, 1.54) is 4.31 Å². The van der Waals surface area contributed by atoms with E-state index in [0.29, 0.717) is 18.1 Å². The summed E-state index contributed by atoms with van der Waals surface area (Å²) in [7, 11) is -1.89. The molecule has 0 amide bonds. The van der Waals surface area contributed by atoms with Gasteiger partial charge in [-0.2, -0.15) is 16.9 Å². The molecular formula is C13H21NO3S2. The van der Waals surface area contributed by atoms with Crippen LogP contribution < -0.4 is 4.74 Å². The predicted octanol–water partition coefficient (Wildman–Crippen LogP) is 2.41. The van der Waals surface area contributed by atoms with E-state index in [-0.39, 0.29) is 10.9 Å². The molecule has 0 fully saturated rings. The smallest absolute Gasteiger partial charge is 0.243 e. The first-order chi connectivity index (χ1) is 8.93. The maximum atomic E-state index is 12.3. The SMILES string of the molecule is CCCOc1ccc(S(=O)(=O)N(C)[C@H](C)CS)cc1. The lowest BCUT2D eigenvalue weighted by Gasteiger charge is -2.22. The number of thiol groups is 1. The lowest BCUT2D eigenvalue weighted by molar-refractivity contribution is 0.317. The molecular weight excluding hydrogens is 282 g/mol. The van der Waals surface area contributed by atoms with Crippen molar-refractivity contribution in [2.24, 2.45) is 0 Å². The molecule has 0 spiro atoms. The molecule has 0 unspecified atom stereocenters. The first kappa shape index (κ1) is 16.3. The molecule has 4 nitrogen and oxygen atoms in total. The Morgan fingerprint density at radius 1 is 1.32 bits per heavy atom. The van der Waals surface area contributed by atoms with Crippen LogP contribution in [0.25, 0.3) is 0 Å². The Morgan fingerprint density at radius 3 is 2.37 bits per heavy atom. The summed E-state index contributed by atoms with van der Waals surface area (Å²) in [5.74, 6) is 1.17. The summed E-state index contributed by atoms with van der Waals surface area (Å²) in [6, 6.07) is 6.36. The predicted molar refractivity (Wildman–Crippen MR) is 80.5 cm³/mol. The van der Waals surface area contributed by atoms with Crippen molar-refractivity contribution in [2.45, 2.75) is 31.2 Å². The van der Waals surface area contributed by atoms with Crippen molar-refractivity contribution in [3.05, 3.63) is 24.3 Å². The largest absolute Gasteiger partial charge is 0.494 e. The summed E-state index contributed by atoms with van der Waals surface area (Å²) in [5.41, 5.74) is 0. The van der Waals surface area contributed by atoms with E-state index >= 15 is 0 Å². The molecule has 6 heteroatoms. The molecule has 0 bridgehead atoms. The first-order valence-electron chi connectivity index (χ1n) is 6.25. The van der Waals surface area contributed by atoms with Crippen LogP contribution in [-0.4, -0.2) is 38.2 Å². The summed E-state index contributed by atoms with van der Waals surface area (Å²) in [6.07, 6.45) is 0.919. The van der Waals surface area contributed by atoms with Gasteiger partial charge in [-0.25, -0.2) is 8.42 Å². The van der Waals surface area contributed by atoms with Crippen molar-refractivity contribution >= 4 is 22.7 Å². The van der Waals surface area contributed by atoms with Gasteiger partial charge in [-0.3, -0.25) is 0 Å². The summed E-state index contributed by atoms with van der Waals surface area (Å²) in [4.78, 5) is 0.271. The van der Waals surface area contributed by atoms with Gasteiger partial charge in [0, 0.05) is 18.8 Å². The van der Waals surface area contributed by atoms with Crippen LogP contribution >= 0.6 is 12.6 Å². The molecule has 0 saturated heterocycles. The zero-order chi connectivity index (χ0) is 14.5. The van der Waals surface area contributed by atoms with Crippen molar-refractivity contribution < 1.29 is 13.2 Å². The zero-order valence-corrected chi connectivity index (χ0v) is 13.2. The normalized spacial score (nSPS) is 13.5. The van der Waals surface area contributed by atoms with Gasteiger partial charge in [0.1, 0.15) is 5.75 Å². The number of rotatable bonds is 7. The van der Waals surface area contributed by atoms with Crippen LogP contribution in [0.15, 0.2) is 29.2 Å². The van der Waals surface area contributed by atoms with Gasteiger partial charge >= 0.3 is 0 Å². The minimum Gasteiger partial charge on any atom is -0.494 e. The topological polar surface area (TPSA) is 46.6 Å². The fraction of sp³-hybridized carbons (Fsp3) is 0.538. The Bertz CT molecular complexity index is 485. The van der Waals surface area contributed by atoms with Gasteiger partial charge in [-0.1, -0.05) is 6.92 Å². The first-order valence-corrected chi connectivity index (χ1v) is 8.32. The fourth-order valence-electron chi connectivity index (χ4n) is 1.45. The number of hydrogen-bond acceptors (Lipinski definition) is 4. The van der Waals surface area contributed by atoms with E-state index in [9.17, 15) is 8.42 Å². The van der Waals surface area contributed by atoms with Gasteiger partial charge in [0.05, 0.1) is 11.5 Å². The van der Waals surface area contributed by atoms with Crippen LogP contribution in [0, 0.1) is 0 Å². The maximum Gasteiger partial charge on any atom is 0.243 e. The second-order valence-electron chi connectivity index (χ2n) is 4.37. The van der Waals surface area contributed by atoms with Crippen molar-refractivity contribution in [1.29, 1.82) is 0 Å². The molecule has 0 saturated carbocycles. The third-order valence-electron chi connectivity index (χ3n) is 2.86. The minimum atomic E-state index is -3.46. The van der Waals surface area contributed by atoms with Gasteiger partial charge in [0.2, 0.25) is 10.0 Å². The van der Waals surface area contributed by atoms with Gasteiger partial charge < -0.3 is 4.74 Å². The highest BCUT2D eigenvalue weighted by molar-refractivity contribution is 7.89. The lowest BCUT2D eigenvalue weighted by Crippen LogP contribution is -2.36. The number of ether oxygens (including phenoxy) is 1. The molecule has 0 aliphatic carbocycles. The molecule has 0 N–H and O–H groups in total. The van der Waals surface area contributed by atoms with Crippen molar-refractivity contribution in [3.8, 4) is 5.75 Å². The Labute approximate surface area is 121 Å². The van der Waals surface area contributed by atoms with E-state index in [1.807, 2.05) is 13.8 Å². The summed E-state index contributed by atoms with van der Waals surface area (Å²) >= 11 is 4.13. The molecule has 19 heavy (non-hydrogen) atoms. The quantitative estimate of drug-likeness (QED) is 0.787. The third kappa shape index (κ3) is 4.12. The molecule has 0 radical (unpaired) electrons. The van der Waals surface area contributed by atoms with Crippen LogP contribution in [0.4, 0.5) is 0 Å². The Hall–Kier alpha value is -0.720. The van der Waals surface area contributed by atoms with Crippen LogP contribution in [0.2, 0.25) is 0 Å². The molecule has 0 heterocycles. The zero-order valence-electron chi connectivity index (χ0n) is 11.5. The van der Waals surface area contributed by atoms with E-state index in [0.717, 1.165) is 6.42 Å². The van der Waals surface area contributed by atoms with Gasteiger partial charge in [-0.15, -0.1) is 0 Å². The van der Waals surface area contributed by atoms with E-state index in [4.69, 9.17) is 4.74 Å². The monoisotopic (exact) mass is 303 g/mol. The second kappa shape index (κ2) is 7.17. The van der Waals surface area contributed by atoms with Crippen LogP contribution in [0.3, 0.4) is 0 Å². The number of hydrogen-bond donors (Lipinski definition) is 1. The summed E-state index contributed by atoms with van der Waals surface area (Å²) in [6.45, 7) is 4.47. The fourth-order valence-corrected chi connectivity index (χ4v) is 3.16. The molecule has 1 rings (SSSR count). The second-order valence-corrected chi connectivity index (χ2v) is 6.74.